The number of aromatic nitrogens is 3. The number of carbonyl (C=O) groups is 2. The molecule has 0 atom stereocenters. The van der Waals surface area contributed by atoms with Gasteiger partial charge in [-0.1, -0.05) is 0 Å². The molecule has 0 saturated heterocycles. The van der Waals surface area contributed by atoms with Gasteiger partial charge in [-0.3, -0.25) is 9.78 Å². The highest BCUT2D eigenvalue weighted by Gasteiger charge is 2.49. The van der Waals surface area contributed by atoms with E-state index in [1.54, 1.807) is 17.5 Å². The van der Waals surface area contributed by atoms with E-state index in [0.29, 0.717) is 28.9 Å². The number of hydrogen-bond donors (Lipinski definition) is 2. The van der Waals surface area contributed by atoms with Crippen LogP contribution in [0.1, 0.15) is 67.8 Å². The second kappa shape index (κ2) is 9.09. The quantitative estimate of drug-likeness (QED) is 0.487. The maximum absolute atomic E-state index is 12.9. The summed E-state index contributed by atoms with van der Waals surface area (Å²) in [7, 11) is 0. The SMILES string of the molecule is CC(=O)CC12CCC(Nc3cc(-c4ccc5cc(C#N)cnn45)ncc3C(=O)NCC#N)(CC1)CC2. The summed E-state index contributed by atoms with van der Waals surface area (Å²) in [4.78, 5) is 29.3. The van der Waals surface area contributed by atoms with Crippen molar-refractivity contribution in [3.63, 3.8) is 0 Å². The predicted octanol–water partition coefficient (Wildman–Crippen LogP) is 4.01. The lowest BCUT2D eigenvalue weighted by molar-refractivity contribution is -0.121. The van der Waals surface area contributed by atoms with Crippen molar-refractivity contribution < 1.29 is 9.59 Å². The van der Waals surface area contributed by atoms with Crippen LogP contribution in [-0.4, -0.2) is 38.4 Å². The summed E-state index contributed by atoms with van der Waals surface area (Å²) in [6, 6.07) is 11.4. The highest BCUT2D eigenvalue weighted by atomic mass is 16.1. The van der Waals surface area contributed by atoms with Gasteiger partial charge in [-0.05, 0) is 75.1 Å². The highest BCUT2D eigenvalue weighted by molar-refractivity contribution is 6.00. The van der Waals surface area contributed by atoms with Crippen molar-refractivity contribution in [2.24, 2.45) is 5.41 Å². The molecule has 2 bridgehead atoms. The molecule has 2 N–H and O–H groups in total. The molecule has 3 aliphatic carbocycles. The molecule has 0 aromatic carbocycles. The molecule has 3 fully saturated rings. The van der Waals surface area contributed by atoms with E-state index in [-0.39, 0.29) is 29.2 Å². The van der Waals surface area contributed by atoms with Gasteiger partial charge >= 0.3 is 0 Å². The molecule has 3 aromatic rings. The Labute approximate surface area is 209 Å². The van der Waals surface area contributed by atoms with Gasteiger partial charge in [0.2, 0.25) is 0 Å². The minimum Gasteiger partial charge on any atom is -0.379 e. The fourth-order valence-corrected chi connectivity index (χ4v) is 5.88. The monoisotopic (exact) mass is 481 g/mol. The minimum absolute atomic E-state index is 0.0901. The molecule has 36 heavy (non-hydrogen) atoms. The van der Waals surface area contributed by atoms with Crippen LogP contribution in [0.15, 0.2) is 36.7 Å². The molecule has 3 heterocycles. The summed E-state index contributed by atoms with van der Waals surface area (Å²) >= 11 is 0. The fraction of sp³-hybridized carbons (Fsp3) is 0.407. The van der Waals surface area contributed by atoms with Crippen LogP contribution < -0.4 is 10.6 Å². The lowest BCUT2D eigenvalue weighted by atomic mass is 9.56. The number of amides is 1. The van der Waals surface area contributed by atoms with Gasteiger partial charge < -0.3 is 15.4 Å². The zero-order valence-corrected chi connectivity index (χ0v) is 20.2. The Morgan fingerprint density at radius 3 is 2.50 bits per heavy atom. The summed E-state index contributed by atoms with van der Waals surface area (Å²) in [6.45, 7) is 1.59. The molecule has 9 heteroatoms. The van der Waals surface area contributed by atoms with Crippen LogP contribution in [0.4, 0.5) is 5.69 Å². The van der Waals surface area contributed by atoms with Gasteiger partial charge in [-0.2, -0.15) is 15.6 Å². The molecule has 3 aliphatic rings. The molecule has 182 valence electrons. The van der Waals surface area contributed by atoms with Crippen molar-refractivity contribution in [1.82, 2.24) is 19.9 Å². The van der Waals surface area contributed by atoms with E-state index in [9.17, 15) is 14.9 Å². The van der Waals surface area contributed by atoms with Crippen LogP contribution in [0.25, 0.3) is 16.9 Å². The molecule has 6 rings (SSSR count). The van der Waals surface area contributed by atoms with Gasteiger partial charge in [0.25, 0.3) is 5.91 Å². The maximum atomic E-state index is 12.9. The standard InChI is InChI=1S/C27H27N7O2/c1-18(35)14-26-4-7-27(8-5-26,9-6-26)33-22-13-23(31-17-21(22)25(36)30-11-10-28)24-3-2-20-12-19(15-29)16-32-34(20)24/h2-3,12-13,16-17H,4-9,11,14H2,1H3,(H,30,36)(H,31,33). The van der Waals surface area contributed by atoms with E-state index in [1.165, 1.54) is 12.4 Å². The van der Waals surface area contributed by atoms with Crippen molar-refractivity contribution in [3.05, 3.63) is 47.8 Å². The smallest absolute Gasteiger partial charge is 0.255 e. The summed E-state index contributed by atoms with van der Waals surface area (Å²) in [5.41, 5.74) is 3.65. The van der Waals surface area contributed by atoms with E-state index in [2.05, 4.69) is 26.8 Å². The third kappa shape index (κ3) is 4.29. The lowest BCUT2D eigenvalue weighted by Crippen LogP contribution is -2.51. The van der Waals surface area contributed by atoms with E-state index < -0.39 is 0 Å². The van der Waals surface area contributed by atoms with Gasteiger partial charge in [-0.15, -0.1) is 0 Å². The number of nitrogens with zero attached hydrogens (tertiary/aromatic N) is 5. The number of carbonyl (C=O) groups excluding carboxylic acids is 2. The number of pyridine rings is 1. The summed E-state index contributed by atoms with van der Waals surface area (Å²) in [5, 5.41) is 28.8. The topological polar surface area (TPSA) is 136 Å². The third-order valence-electron chi connectivity index (χ3n) is 7.79. The van der Waals surface area contributed by atoms with Gasteiger partial charge in [0.1, 0.15) is 18.4 Å². The first kappa shape index (κ1) is 23.5. The number of Topliss-reactive ketones (excluding diaryl/α,β-unsaturated/α-hetero) is 1. The van der Waals surface area contributed by atoms with Crippen molar-refractivity contribution in [2.75, 3.05) is 11.9 Å². The number of nitriles is 2. The number of rotatable bonds is 7. The molecular weight excluding hydrogens is 454 g/mol. The first-order valence-electron chi connectivity index (χ1n) is 12.2. The predicted molar refractivity (Wildman–Crippen MR) is 133 cm³/mol. The molecule has 3 aromatic heterocycles. The zero-order chi connectivity index (χ0) is 25.3. The Morgan fingerprint density at radius 1 is 1.08 bits per heavy atom. The molecular formula is C27H27N7O2. The highest BCUT2D eigenvalue weighted by Crippen LogP contribution is 2.55. The number of fused-ring (bicyclic) bond motifs is 4. The number of nitrogens with one attached hydrogen (secondary N) is 2. The average Bonchev–Trinajstić information content (AvgIpc) is 3.31. The van der Waals surface area contributed by atoms with Crippen molar-refractivity contribution in [3.8, 4) is 23.5 Å². The molecule has 3 saturated carbocycles. The van der Waals surface area contributed by atoms with E-state index >= 15 is 0 Å². The van der Waals surface area contributed by atoms with Crippen LogP contribution in [-0.2, 0) is 4.79 Å². The summed E-state index contributed by atoms with van der Waals surface area (Å²) < 4.78 is 1.72. The number of hydrogen-bond acceptors (Lipinski definition) is 7. The second-order valence-electron chi connectivity index (χ2n) is 10.2. The Balaban J connectivity index is 1.49. The zero-order valence-electron chi connectivity index (χ0n) is 20.2. The van der Waals surface area contributed by atoms with Crippen LogP contribution >= 0.6 is 0 Å². The first-order valence-corrected chi connectivity index (χ1v) is 12.2. The van der Waals surface area contributed by atoms with Crippen molar-refractivity contribution >= 4 is 22.9 Å². The largest absolute Gasteiger partial charge is 0.379 e. The summed E-state index contributed by atoms with van der Waals surface area (Å²) in [6.07, 6.45) is 9.46. The third-order valence-corrected chi connectivity index (χ3v) is 7.79. The summed E-state index contributed by atoms with van der Waals surface area (Å²) in [5.74, 6) is -0.105. The van der Waals surface area contributed by atoms with Gasteiger partial charge in [0.05, 0.1) is 46.0 Å². The van der Waals surface area contributed by atoms with Crippen LogP contribution in [0.3, 0.4) is 0 Å². The molecule has 0 aliphatic heterocycles. The lowest BCUT2D eigenvalue weighted by Gasteiger charge is -2.54. The van der Waals surface area contributed by atoms with Crippen molar-refractivity contribution in [2.45, 2.75) is 57.4 Å². The number of ketones is 1. The van der Waals surface area contributed by atoms with Crippen LogP contribution in [0.2, 0.25) is 0 Å². The molecule has 1 amide bonds. The Morgan fingerprint density at radius 2 is 1.83 bits per heavy atom. The normalized spacial score (nSPS) is 22.5. The molecule has 0 unspecified atom stereocenters. The Bertz CT molecular complexity index is 1420. The second-order valence-corrected chi connectivity index (χ2v) is 10.2. The molecule has 0 spiro atoms. The van der Waals surface area contributed by atoms with Gasteiger partial charge in [0.15, 0.2) is 0 Å². The van der Waals surface area contributed by atoms with Gasteiger partial charge in [0, 0.05) is 18.2 Å². The molecule has 0 radical (unpaired) electrons. The molecule has 9 nitrogen and oxygen atoms in total. The fourth-order valence-electron chi connectivity index (χ4n) is 5.88. The average molecular weight is 482 g/mol. The Hall–Kier alpha value is -4.24. The van der Waals surface area contributed by atoms with Crippen LogP contribution in [0, 0.1) is 28.1 Å². The van der Waals surface area contributed by atoms with E-state index in [4.69, 9.17) is 5.26 Å². The number of anilines is 1. The van der Waals surface area contributed by atoms with Gasteiger partial charge in [-0.25, -0.2) is 4.52 Å². The van der Waals surface area contributed by atoms with Crippen molar-refractivity contribution in [1.29, 1.82) is 10.5 Å². The Kier molecular flexibility index (Phi) is 5.93. The van der Waals surface area contributed by atoms with Crippen LogP contribution in [0.5, 0.6) is 0 Å². The van der Waals surface area contributed by atoms with E-state index in [0.717, 1.165) is 49.7 Å². The first-order chi connectivity index (χ1) is 17.4. The van der Waals surface area contributed by atoms with E-state index in [1.807, 2.05) is 24.3 Å². The maximum Gasteiger partial charge on any atom is 0.255 e. The minimum atomic E-state index is -0.358.